The van der Waals surface area contributed by atoms with E-state index < -0.39 is 0 Å². The Morgan fingerprint density at radius 3 is 2.71 bits per heavy atom. The molecule has 2 rings (SSSR count). The number of piperidine rings is 1. The lowest BCUT2D eigenvalue weighted by Gasteiger charge is -2.41. The molecule has 0 amide bonds. The van der Waals surface area contributed by atoms with E-state index >= 15 is 0 Å². The van der Waals surface area contributed by atoms with Gasteiger partial charge in [0.2, 0.25) is 0 Å². The van der Waals surface area contributed by atoms with Crippen molar-refractivity contribution in [2.45, 2.75) is 39.7 Å². The zero-order valence-corrected chi connectivity index (χ0v) is 13.8. The molecule has 1 saturated heterocycles. The highest BCUT2D eigenvalue weighted by atomic mass is 19.1. The lowest BCUT2D eigenvalue weighted by Crippen LogP contribution is -2.44. The van der Waals surface area contributed by atoms with Crippen molar-refractivity contribution in [3.8, 4) is 0 Å². The summed E-state index contributed by atoms with van der Waals surface area (Å²) >= 11 is 0. The summed E-state index contributed by atoms with van der Waals surface area (Å²) in [6, 6.07) is 7.21. The van der Waals surface area contributed by atoms with E-state index in [1.807, 2.05) is 12.1 Å². The second-order valence-corrected chi connectivity index (χ2v) is 7.14. The van der Waals surface area contributed by atoms with Crippen molar-refractivity contribution < 1.29 is 4.39 Å². The fourth-order valence-electron chi connectivity index (χ4n) is 3.48. The van der Waals surface area contributed by atoms with Crippen molar-refractivity contribution >= 4 is 0 Å². The van der Waals surface area contributed by atoms with Gasteiger partial charge in [-0.05, 0) is 57.3 Å². The van der Waals surface area contributed by atoms with Crippen LogP contribution < -0.4 is 5.32 Å². The van der Waals surface area contributed by atoms with Gasteiger partial charge in [-0.2, -0.15) is 0 Å². The van der Waals surface area contributed by atoms with Crippen LogP contribution in [0.5, 0.6) is 0 Å². The minimum Gasteiger partial charge on any atom is -0.316 e. The van der Waals surface area contributed by atoms with Gasteiger partial charge < -0.3 is 5.32 Å². The average molecular weight is 292 g/mol. The van der Waals surface area contributed by atoms with Crippen molar-refractivity contribution in [2.75, 3.05) is 26.7 Å². The lowest BCUT2D eigenvalue weighted by atomic mass is 9.74. The summed E-state index contributed by atoms with van der Waals surface area (Å²) in [4.78, 5) is 2.28. The molecular formula is C18H29FN2. The molecule has 1 fully saturated rings. The molecule has 0 spiro atoms. The molecule has 2 unspecified atom stereocenters. The van der Waals surface area contributed by atoms with E-state index in [9.17, 15) is 4.39 Å². The summed E-state index contributed by atoms with van der Waals surface area (Å²) in [5.74, 6) is 0.593. The van der Waals surface area contributed by atoms with Crippen molar-refractivity contribution in [3.05, 3.63) is 35.6 Å². The predicted molar refractivity (Wildman–Crippen MR) is 86.8 cm³/mol. The van der Waals surface area contributed by atoms with Gasteiger partial charge in [-0.25, -0.2) is 4.39 Å². The van der Waals surface area contributed by atoms with E-state index in [4.69, 9.17) is 0 Å². The van der Waals surface area contributed by atoms with Crippen LogP contribution >= 0.6 is 0 Å². The van der Waals surface area contributed by atoms with Gasteiger partial charge in [0.15, 0.2) is 0 Å². The minimum absolute atomic E-state index is 0.0991. The largest absolute Gasteiger partial charge is 0.316 e. The quantitative estimate of drug-likeness (QED) is 0.887. The molecule has 0 saturated carbocycles. The second-order valence-electron chi connectivity index (χ2n) is 7.14. The van der Waals surface area contributed by atoms with Crippen LogP contribution in [-0.4, -0.2) is 31.6 Å². The fraction of sp³-hybridized carbons (Fsp3) is 0.667. The molecule has 2 nitrogen and oxygen atoms in total. The number of nitrogens with zero attached hydrogens (tertiary/aromatic N) is 1. The lowest BCUT2D eigenvalue weighted by molar-refractivity contribution is 0.0946. The molecule has 1 aliphatic heterocycles. The van der Waals surface area contributed by atoms with Crippen LogP contribution in [0.4, 0.5) is 4.39 Å². The fourth-order valence-corrected chi connectivity index (χ4v) is 3.48. The van der Waals surface area contributed by atoms with Crippen molar-refractivity contribution in [1.82, 2.24) is 10.2 Å². The van der Waals surface area contributed by atoms with Crippen molar-refractivity contribution in [3.63, 3.8) is 0 Å². The third kappa shape index (κ3) is 4.04. The van der Waals surface area contributed by atoms with E-state index in [0.29, 0.717) is 5.92 Å². The van der Waals surface area contributed by atoms with Gasteiger partial charge in [0.05, 0.1) is 0 Å². The molecule has 0 aliphatic carbocycles. The monoisotopic (exact) mass is 292 g/mol. The van der Waals surface area contributed by atoms with Crippen molar-refractivity contribution in [1.29, 1.82) is 0 Å². The van der Waals surface area contributed by atoms with E-state index in [1.54, 1.807) is 12.1 Å². The van der Waals surface area contributed by atoms with Gasteiger partial charge in [0, 0.05) is 18.2 Å². The number of hydrogen-bond acceptors (Lipinski definition) is 2. The highest BCUT2D eigenvalue weighted by Crippen LogP contribution is 2.34. The smallest absolute Gasteiger partial charge is 0.127 e. The van der Waals surface area contributed by atoms with Crippen LogP contribution in [0.15, 0.2) is 24.3 Å². The molecular weight excluding hydrogens is 263 g/mol. The molecule has 1 aromatic rings. The number of nitrogens with one attached hydrogen (secondary N) is 1. The topological polar surface area (TPSA) is 15.3 Å². The van der Waals surface area contributed by atoms with Gasteiger partial charge >= 0.3 is 0 Å². The van der Waals surface area contributed by atoms with Crippen molar-refractivity contribution in [2.24, 2.45) is 11.3 Å². The van der Waals surface area contributed by atoms with E-state index in [-0.39, 0.29) is 17.3 Å². The Morgan fingerprint density at radius 1 is 1.38 bits per heavy atom. The van der Waals surface area contributed by atoms with Gasteiger partial charge in [0.1, 0.15) is 5.82 Å². The summed E-state index contributed by atoms with van der Waals surface area (Å²) in [5, 5.41) is 3.51. The number of rotatable bonds is 5. The normalized spacial score (nSPS) is 21.5. The molecule has 1 aliphatic rings. The predicted octanol–water partition coefficient (Wildman–Crippen LogP) is 3.84. The molecule has 118 valence electrons. The first kappa shape index (κ1) is 16.4. The summed E-state index contributed by atoms with van der Waals surface area (Å²) < 4.78 is 14.0. The van der Waals surface area contributed by atoms with Crippen LogP contribution in [0, 0.1) is 17.2 Å². The van der Waals surface area contributed by atoms with Gasteiger partial charge in [-0.1, -0.05) is 32.0 Å². The maximum atomic E-state index is 14.0. The summed E-state index contributed by atoms with van der Waals surface area (Å²) in [5.41, 5.74) is 1.03. The third-order valence-electron chi connectivity index (χ3n) is 5.08. The summed E-state index contributed by atoms with van der Waals surface area (Å²) in [6.45, 7) is 10.0. The average Bonchev–Trinajstić information content (AvgIpc) is 2.47. The molecule has 2 atom stereocenters. The Labute approximate surface area is 128 Å². The molecule has 1 aromatic carbocycles. The molecule has 21 heavy (non-hydrogen) atoms. The highest BCUT2D eigenvalue weighted by molar-refractivity contribution is 5.20. The maximum Gasteiger partial charge on any atom is 0.127 e. The van der Waals surface area contributed by atoms with Gasteiger partial charge in [0.25, 0.3) is 0 Å². The van der Waals surface area contributed by atoms with E-state index in [0.717, 1.165) is 25.2 Å². The van der Waals surface area contributed by atoms with Crippen LogP contribution in [-0.2, 0) is 0 Å². The summed E-state index contributed by atoms with van der Waals surface area (Å²) in [7, 11) is 2.11. The zero-order chi connectivity index (χ0) is 15.5. The molecule has 1 heterocycles. The van der Waals surface area contributed by atoms with Gasteiger partial charge in [-0.3, -0.25) is 4.90 Å². The molecule has 0 radical (unpaired) electrons. The first-order valence-corrected chi connectivity index (χ1v) is 8.07. The molecule has 0 bridgehead atoms. The Morgan fingerprint density at radius 2 is 2.10 bits per heavy atom. The zero-order valence-electron chi connectivity index (χ0n) is 13.8. The second kappa shape index (κ2) is 6.89. The maximum absolute atomic E-state index is 14.0. The molecule has 1 N–H and O–H groups in total. The minimum atomic E-state index is -0.103. The first-order valence-electron chi connectivity index (χ1n) is 8.07. The van der Waals surface area contributed by atoms with E-state index in [2.05, 4.69) is 38.0 Å². The third-order valence-corrected chi connectivity index (χ3v) is 5.08. The van der Waals surface area contributed by atoms with Gasteiger partial charge in [-0.15, -0.1) is 0 Å². The highest BCUT2D eigenvalue weighted by Gasteiger charge is 2.32. The first-order chi connectivity index (χ1) is 9.92. The van der Waals surface area contributed by atoms with Crippen LogP contribution in [0.25, 0.3) is 0 Å². The molecule has 0 aromatic heterocycles. The SMILES string of the molecule is CC(c1ccccc1F)N(C)CC(C)(C)C1CCCNC1. The van der Waals surface area contributed by atoms with E-state index in [1.165, 1.54) is 12.8 Å². The number of hydrogen-bond donors (Lipinski definition) is 1. The Kier molecular flexibility index (Phi) is 5.39. The molecule has 3 heteroatoms. The number of halogens is 1. The Bertz CT molecular complexity index is 452. The summed E-state index contributed by atoms with van der Waals surface area (Å²) in [6.07, 6.45) is 2.56. The standard InChI is InChI=1S/C18H29FN2/c1-14(16-9-5-6-10-17(16)19)21(4)13-18(2,3)15-8-7-11-20-12-15/h5-6,9-10,14-15,20H,7-8,11-13H2,1-4H3. The number of benzene rings is 1. The van der Waals surface area contributed by atoms with Crippen LogP contribution in [0.2, 0.25) is 0 Å². The van der Waals surface area contributed by atoms with Crippen LogP contribution in [0.1, 0.15) is 45.2 Å². The van der Waals surface area contributed by atoms with Crippen LogP contribution in [0.3, 0.4) is 0 Å². The Balaban J connectivity index is 2.02. The Hall–Kier alpha value is -0.930.